The lowest BCUT2D eigenvalue weighted by molar-refractivity contribution is -0.274. The number of ether oxygens (including phenoxy) is 1. The van der Waals surface area contributed by atoms with Crippen molar-refractivity contribution in [2.45, 2.75) is 12.8 Å². The second-order valence-electron chi connectivity index (χ2n) is 4.39. The first kappa shape index (κ1) is 17.2. The predicted octanol–water partition coefficient (Wildman–Crippen LogP) is 4.06. The van der Waals surface area contributed by atoms with E-state index in [4.69, 9.17) is 0 Å². The molecule has 1 amide bonds. The molecule has 1 heterocycles. The topological polar surface area (TPSA) is 51.2 Å². The highest BCUT2D eigenvalue weighted by Gasteiger charge is 2.31. The van der Waals surface area contributed by atoms with Crippen LogP contribution < -0.4 is 10.1 Å². The Bertz CT molecular complexity index is 722. The Morgan fingerprint density at radius 1 is 1.26 bits per heavy atom. The van der Waals surface area contributed by atoms with Crippen LogP contribution in [0.4, 0.5) is 23.4 Å². The molecule has 0 saturated heterocycles. The molecule has 2 rings (SSSR count). The molecule has 1 aromatic heterocycles. The van der Waals surface area contributed by atoms with E-state index in [1.807, 2.05) is 0 Å². The van der Waals surface area contributed by atoms with Crippen LogP contribution in [-0.2, 0) is 11.2 Å². The van der Waals surface area contributed by atoms with E-state index >= 15 is 0 Å². The summed E-state index contributed by atoms with van der Waals surface area (Å²) in [5.74, 6) is -1.76. The van der Waals surface area contributed by atoms with Gasteiger partial charge in [-0.1, -0.05) is 12.1 Å². The molecule has 0 spiro atoms. The van der Waals surface area contributed by atoms with Gasteiger partial charge in [0.2, 0.25) is 11.9 Å². The molecule has 0 radical (unpaired) electrons. The summed E-state index contributed by atoms with van der Waals surface area (Å²) in [4.78, 5) is 15.3. The Morgan fingerprint density at radius 3 is 2.65 bits per heavy atom. The maximum Gasteiger partial charge on any atom is 0.573 e. The molecule has 4 nitrogen and oxygen atoms in total. The van der Waals surface area contributed by atoms with Crippen LogP contribution in [0.3, 0.4) is 0 Å². The van der Waals surface area contributed by atoms with Crippen LogP contribution >= 0.6 is 15.9 Å². The number of hydrogen-bond donors (Lipinski definition) is 1. The Hall–Kier alpha value is -2.16. The summed E-state index contributed by atoms with van der Waals surface area (Å²) in [7, 11) is 0. The number of carbonyl (C=O) groups is 1. The number of benzene rings is 1. The molecular weight excluding hydrogens is 384 g/mol. The summed E-state index contributed by atoms with van der Waals surface area (Å²) in [5, 5.41) is 2.35. The molecule has 0 atom stereocenters. The average molecular weight is 393 g/mol. The summed E-state index contributed by atoms with van der Waals surface area (Å²) >= 11 is 2.93. The molecule has 0 aliphatic heterocycles. The van der Waals surface area contributed by atoms with Crippen molar-refractivity contribution in [1.82, 2.24) is 4.98 Å². The summed E-state index contributed by atoms with van der Waals surface area (Å²) in [6.45, 7) is 0. The third kappa shape index (κ3) is 5.51. The Morgan fingerprint density at radius 2 is 2.00 bits per heavy atom. The first-order valence-corrected chi connectivity index (χ1v) is 6.99. The molecule has 23 heavy (non-hydrogen) atoms. The molecule has 0 fully saturated rings. The van der Waals surface area contributed by atoms with Gasteiger partial charge in [-0.25, -0.2) is 4.98 Å². The number of halogens is 5. The molecule has 0 bridgehead atoms. The van der Waals surface area contributed by atoms with Crippen molar-refractivity contribution in [1.29, 1.82) is 0 Å². The van der Waals surface area contributed by atoms with Gasteiger partial charge in [0.05, 0.1) is 10.9 Å². The minimum atomic E-state index is -4.81. The number of nitrogens with zero attached hydrogens (tertiary/aromatic N) is 1. The summed E-state index contributed by atoms with van der Waals surface area (Å²) in [6, 6.07) is 7.78. The summed E-state index contributed by atoms with van der Waals surface area (Å²) < 4.78 is 53.6. The lowest BCUT2D eigenvalue weighted by Crippen LogP contribution is -2.18. The van der Waals surface area contributed by atoms with Crippen LogP contribution in [0.2, 0.25) is 0 Å². The quantitative estimate of drug-likeness (QED) is 0.630. The normalized spacial score (nSPS) is 11.2. The van der Waals surface area contributed by atoms with E-state index in [0.717, 1.165) is 12.1 Å². The zero-order valence-corrected chi connectivity index (χ0v) is 12.9. The largest absolute Gasteiger partial charge is 0.573 e. The zero-order valence-electron chi connectivity index (χ0n) is 11.3. The van der Waals surface area contributed by atoms with E-state index in [1.165, 1.54) is 24.3 Å². The first-order valence-electron chi connectivity index (χ1n) is 6.19. The van der Waals surface area contributed by atoms with E-state index in [2.05, 4.69) is 31.0 Å². The number of hydrogen-bond acceptors (Lipinski definition) is 3. The van der Waals surface area contributed by atoms with Crippen LogP contribution in [0.25, 0.3) is 0 Å². The Kier molecular flexibility index (Phi) is 5.19. The lowest BCUT2D eigenvalue weighted by atomic mass is 10.1. The highest BCUT2D eigenvalue weighted by molar-refractivity contribution is 9.10. The van der Waals surface area contributed by atoms with Crippen molar-refractivity contribution in [3.8, 4) is 5.75 Å². The number of nitrogens with one attached hydrogen (secondary N) is 1. The smallest absolute Gasteiger partial charge is 0.406 e. The second kappa shape index (κ2) is 6.95. The van der Waals surface area contributed by atoms with Crippen molar-refractivity contribution in [2.75, 3.05) is 5.32 Å². The summed E-state index contributed by atoms with van der Waals surface area (Å²) in [6.07, 6.45) is -5.02. The van der Waals surface area contributed by atoms with Gasteiger partial charge in [-0.15, -0.1) is 13.2 Å². The van der Waals surface area contributed by atoms with Crippen LogP contribution in [0.15, 0.2) is 40.9 Å². The second-order valence-corrected chi connectivity index (χ2v) is 5.24. The SMILES string of the molecule is O=C(Cc1cccc(OC(F)(F)F)c1)Nc1ccc(Br)c(F)n1. The van der Waals surface area contributed by atoms with E-state index < -0.39 is 24.0 Å². The number of pyridine rings is 1. The summed E-state index contributed by atoms with van der Waals surface area (Å²) in [5.41, 5.74) is 0.307. The van der Waals surface area contributed by atoms with Gasteiger partial charge in [0.25, 0.3) is 0 Å². The van der Waals surface area contributed by atoms with Crippen molar-refractivity contribution >= 4 is 27.7 Å². The third-order valence-corrected chi connectivity index (χ3v) is 3.16. The van der Waals surface area contributed by atoms with Crippen molar-refractivity contribution < 1.29 is 27.1 Å². The number of carbonyl (C=O) groups excluding carboxylic acids is 1. The fourth-order valence-electron chi connectivity index (χ4n) is 1.71. The van der Waals surface area contributed by atoms with E-state index in [0.29, 0.717) is 5.56 Å². The highest BCUT2D eigenvalue weighted by atomic mass is 79.9. The van der Waals surface area contributed by atoms with Crippen molar-refractivity contribution in [3.63, 3.8) is 0 Å². The maximum absolute atomic E-state index is 13.2. The van der Waals surface area contributed by atoms with E-state index in [1.54, 1.807) is 0 Å². The number of amides is 1. The predicted molar refractivity (Wildman–Crippen MR) is 77.4 cm³/mol. The molecule has 2 aromatic rings. The van der Waals surface area contributed by atoms with Gasteiger partial charge in [0.15, 0.2) is 0 Å². The number of aromatic nitrogens is 1. The number of rotatable bonds is 4. The lowest BCUT2D eigenvalue weighted by Gasteiger charge is -2.10. The van der Waals surface area contributed by atoms with Gasteiger partial charge >= 0.3 is 6.36 Å². The van der Waals surface area contributed by atoms with Gasteiger partial charge in [-0.3, -0.25) is 4.79 Å². The van der Waals surface area contributed by atoms with Gasteiger partial charge in [-0.05, 0) is 45.8 Å². The highest BCUT2D eigenvalue weighted by Crippen LogP contribution is 2.23. The third-order valence-electron chi connectivity index (χ3n) is 2.57. The molecule has 0 unspecified atom stereocenters. The van der Waals surface area contributed by atoms with Crippen LogP contribution in [0.5, 0.6) is 5.75 Å². The van der Waals surface area contributed by atoms with Crippen LogP contribution in [0, 0.1) is 5.95 Å². The molecule has 1 N–H and O–H groups in total. The maximum atomic E-state index is 13.2. The van der Waals surface area contributed by atoms with E-state index in [-0.39, 0.29) is 16.7 Å². The van der Waals surface area contributed by atoms with Crippen LogP contribution in [0.1, 0.15) is 5.56 Å². The van der Waals surface area contributed by atoms with E-state index in [9.17, 15) is 22.4 Å². The monoisotopic (exact) mass is 392 g/mol. The molecular formula is C14H9BrF4N2O2. The molecule has 0 aliphatic carbocycles. The first-order chi connectivity index (χ1) is 10.7. The molecule has 1 aromatic carbocycles. The average Bonchev–Trinajstić information content (AvgIpc) is 2.41. The van der Waals surface area contributed by atoms with Crippen LogP contribution in [-0.4, -0.2) is 17.3 Å². The van der Waals surface area contributed by atoms with Gasteiger partial charge in [0.1, 0.15) is 11.6 Å². The molecule has 0 aliphatic rings. The minimum Gasteiger partial charge on any atom is -0.406 e. The fraction of sp³-hybridized carbons (Fsp3) is 0.143. The molecule has 122 valence electrons. The fourth-order valence-corrected chi connectivity index (χ4v) is 1.93. The van der Waals surface area contributed by atoms with Gasteiger partial charge in [-0.2, -0.15) is 4.39 Å². The van der Waals surface area contributed by atoms with Gasteiger partial charge in [0, 0.05) is 0 Å². The zero-order chi connectivity index (χ0) is 17.0. The van der Waals surface area contributed by atoms with Crippen molar-refractivity contribution in [2.24, 2.45) is 0 Å². The number of alkyl halides is 3. The Balaban J connectivity index is 2.02. The number of anilines is 1. The minimum absolute atomic E-state index is 0.00149. The molecule has 0 saturated carbocycles. The standard InChI is InChI=1S/C14H9BrF4N2O2/c15-10-4-5-11(21-13(10)16)20-12(22)7-8-2-1-3-9(6-8)23-14(17,18)19/h1-6H,7H2,(H,20,21,22). The van der Waals surface area contributed by atoms with Crippen molar-refractivity contribution in [3.05, 3.63) is 52.4 Å². The Labute approximate surface area is 136 Å². The van der Waals surface area contributed by atoms with Gasteiger partial charge < -0.3 is 10.1 Å². The molecule has 9 heteroatoms.